The molecule has 0 N–H and O–H groups in total. The Kier molecular flexibility index (Phi) is 3.97. The monoisotopic (exact) mass is 189 g/mol. The smallest absolute Gasteiger partial charge is 0.0416 e. The third-order valence-electron chi connectivity index (χ3n) is 2.17. The van der Waals surface area contributed by atoms with Gasteiger partial charge in [0.25, 0.3) is 0 Å². The van der Waals surface area contributed by atoms with Crippen LogP contribution in [-0.4, -0.2) is 8.80 Å². The first-order chi connectivity index (χ1) is 6.24. The van der Waals surface area contributed by atoms with Crippen molar-refractivity contribution in [2.24, 2.45) is 0 Å². The lowest BCUT2D eigenvalue weighted by Gasteiger charge is -2.06. The molecule has 0 aliphatic heterocycles. The van der Waals surface area contributed by atoms with Gasteiger partial charge in [0.15, 0.2) is 0 Å². The summed E-state index contributed by atoms with van der Waals surface area (Å²) in [4.78, 5) is 0. The Labute approximate surface area is 82.9 Å². The maximum absolute atomic E-state index is 3.83. The fourth-order valence-corrected chi connectivity index (χ4v) is 2.12. The second kappa shape index (κ2) is 5.03. The van der Waals surface area contributed by atoms with Crippen molar-refractivity contribution in [2.75, 3.05) is 0 Å². The van der Waals surface area contributed by atoms with Crippen LogP contribution in [-0.2, 0) is 6.42 Å². The van der Waals surface area contributed by atoms with E-state index in [-0.39, 0.29) is 8.80 Å². The van der Waals surface area contributed by atoms with Gasteiger partial charge >= 0.3 is 0 Å². The van der Waals surface area contributed by atoms with Crippen molar-refractivity contribution < 1.29 is 0 Å². The predicted octanol–water partition coefficient (Wildman–Crippen LogP) is 3.63. The highest BCUT2D eigenvalue weighted by Gasteiger charge is 2.00. The second-order valence-corrected chi connectivity index (χ2v) is 6.52. The van der Waals surface area contributed by atoms with E-state index in [1.54, 1.807) is 0 Å². The van der Waals surface area contributed by atoms with Gasteiger partial charge in [-0.2, -0.15) is 0 Å². The van der Waals surface area contributed by atoms with Crippen LogP contribution in [0.3, 0.4) is 0 Å². The summed E-state index contributed by atoms with van der Waals surface area (Å²) in [7, 11) is -0.0911. The summed E-state index contributed by atoms with van der Waals surface area (Å²) in [6.07, 6.45) is 3.16. The Morgan fingerprint density at radius 3 is 2.62 bits per heavy atom. The molecule has 0 spiro atoms. The predicted molar refractivity (Wildman–Crippen MR) is 62.5 cm³/mol. The summed E-state index contributed by atoms with van der Waals surface area (Å²) < 4.78 is 0. The molecule has 1 aromatic rings. The molecule has 1 heteroatoms. The van der Waals surface area contributed by atoms with Crippen LogP contribution in [0.25, 0.3) is 6.08 Å². The number of benzene rings is 1. The van der Waals surface area contributed by atoms with Gasteiger partial charge in [-0.1, -0.05) is 56.1 Å². The zero-order valence-electron chi connectivity index (χ0n) is 8.51. The number of hydrogen-bond acceptors (Lipinski definition) is 0. The van der Waals surface area contributed by atoms with E-state index < -0.39 is 0 Å². The molecule has 69 valence electrons. The lowest BCUT2D eigenvalue weighted by atomic mass is 10.1. The third kappa shape index (κ3) is 3.19. The number of hydrogen-bond donors (Lipinski definition) is 0. The largest absolute Gasteiger partial charge is 0.0985 e. The van der Waals surface area contributed by atoms with E-state index in [9.17, 15) is 0 Å². The molecule has 1 rings (SSSR count). The Hall–Kier alpha value is -0.823. The standard InChI is InChI=1S/C12H17Si/c1-4-11-7-5-6-8-12(11)9-10-13(2)3/h4-8H,1,9-10H2,2-3H3. The maximum Gasteiger partial charge on any atom is 0.0416 e. The molecule has 0 bridgehead atoms. The van der Waals surface area contributed by atoms with E-state index in [0.29, 0.717) is 0 Å². The number of rotatable bonds is 4. The van der Waals surface area contributed by atoms with Crippen LogP contribution in [0.1, 0.15) is 11.1 Å². The van der Waals surface area contributed by atoms with E-state index in [1.165, 1.54) is 23.6 Å². The minimum atomic E-state index is -0.0911. The van der Waals surface area contributed by atoms with Crippen molar-refractivity contribution >= 4 is 14.9 Å². The molecular weight excluding hydrogens is 172 g/mol. The Morgan fingerprint density at radius 1 is 1.31 bits per heavy atom. The average Bonchev–Trinajstić information content (AvgIpc) is 2.15. The molecular formula is C12H17Si. The average molecular weight is 189 g/mol. The summed E-state index contributed by atoms with van der Waals surface area (Å²) in [5, 5.41) is 0. The molecule has 0 amide bonds. The van der Waals surface area contributed by atoms with Crippen molar-refractivity contribution in [3.8, 4) is 0 Å². The first kappa shape index (κ1) is 10.3. The Morgan fingerprint density at radius 2 is 2.00 bits per heavy atom. The van der Waals surface area contributed by atoms with Gasteiger partial charge in [-0.3, -0.25) is 0 Å². The topological polar surface area (TPSA) is 0 Å². The van der Waals surface area contributed by atoms with Crippen LogP contribution >= 0.6 is 0 Å². The van der Waals surface area contributed by atoms with Gasteiger partial charge in [0.2, 0.25) is 0 Å². The van der Waals surface area contributed by atoms with E-state index in [2.05, 4.69) is 43.9 Å². The summed E-state index contributed by atoms with van der Waals surface area (Å²) in [5.74, 6) is 0. The SMILES string of the molecule is C=Cc1ccccc1CC[Si](C)C. The van der Waals surface area contributed by atoms with E-state index in [0.717, 1.165) is 0 Å². The minimum absolute atomic E-state index is 0.0911. The van der Waals surface area contributed by atoms with Crippen LogP contribution in [0.5, 0.6) is 0 Å². The molecule has 0 aliphatic rings. The highest BCUT2D eigenvalue weighted by Crippen LogP contribution is 2.13. The van der Waals surface area contributed by atoms with Crippen LogP contribution in [0.2, 0.25) is 19.1 Å². The molecule has 0 saturated heterocycles. The third-order valence-corrected chi connectivity index (χ3v) is 3.42. The fourth-order valence-electron chi connectivity index (χ4n) is 1.35. The molecule has 0 aliphatic carbocycles. The molecule has 1 aromatic carbocycles. The van der Waals surface area contributed by atoms with Gasteiger partial charge in [-0.25, -0.2) is 0 Å². The highest BCUT2D eigenvalue weighted by atomic mass is 28.3. The van der Waals surface area contributed by atoms with Crippen molar-refractivity contribution in [3.63, 3.8) is 0 Å². The molecule has 0 unspecified atom stereocenters. The molecule has 0 heterocycles. The summed E-state index contributed by atoms with van der Waals surface area (Å²) in [6, 6.07) is 9.89. The lowest BCUT2D eigenvalue weighted by Crippen LogP contribution is -2.01. The van der Waals surface area contributed by atoms with Crippen molar-refractivity contribution in [1.29, 1.82) is 0 Å². The van der Waals surface area contributed by atoms with Crippen LogP contribution in [0, 0.1) is 0 Å². The van der Waals surface area contributed by atoms with Crippen molar-refractivity contribution in [3.05, 3.63) is 42.0 Å². The van der Waals surface area contributed by atoms with Gasteiger partial charge < -0.3 is 0 Å². The Bertz CT molecular complexity index is 276. The molecule has 0 fully saturated rings. The van der Waals surface area contributed by atoms with Crippen LogP contribution in [0.15, 0.2) is 30.8 Å². The lowest BCUT2D eigenvalue weighted by molar-refractivity contribution is 1.11. The molecule has 0 aromatic heterocycles. The minimum Gasteiger partial charge on any atom is -0.0985 e. The first-order valence-electron chi connectivity index (χ1n) is 4.73. The first-order valence-corrected chi connectivity index (χ1v) is 7.44. The fraction of sp³-hybridized carbons (Fsp3) is 0.333. The van der Waals surface area contributed by atoms with Gasteiger partial charge in [0.05, 0.1) is 0 Å². The van der Waals surface area contributed by atoms with Crippen molar-refractivity contribution in [1.82, 2.24) is 0 Å². The second-order valence-electron chi connectivity index (χ2n) is 3.61. The molecule has 0 atom stereocenters. The maximum atomic E-state index is 3.83. The highest BCUT2D eigenvalue weighted by molar-refractivity contribution is 6.55. The normalized spacial score (nSPS) is 10.4. The molecule has 0 nitrogen and oxygen atoms in total. The van der Waals surface area contributed by atoms with Gasteiger partial charge in [0, 0.05) is 8.80 Å². The van der Waals surface area contributed by atoms with Crippen molar-refractivity contribution in [2.45, 2.75) is 25.6 Å². The summed E-state index contributed by atoms with van der Waals surface area (Å²) >= 11 is 0. The van der Waals surface area contributed by atoms with E-state index >= 15 is 0 Å². The Balaban J connectivity index is 2.69. The molecule has 13 heavy (non-hydrogen) atoms. The van der Waals surface area contributed by atoms with Gasteiger partial charge in [-0.05, 0) is 17.5 Å². The number of aryl methyl sites for hydroxylation is 1. The van der Waals surface area contributed by atoms with Gasteiger partial charge in [-0.15, -0.1) is 0 Å². The summed E-state index contributed by atoms with van der Waals surface area (Å²) in [5.41, 5.74) is 2.74. The van der Waals surface area contributed by atoms with Gasteiger partial charge in [0.1, 0.15) is 0 Å². The summed E-state index contributed by atoms with van der Waals surface area (Å²) in [6.45, 7) is 8.55. The quantitative estimate of drug-likeness (QED) is 0.635. The molecule has 0 saturated carbocycles. The van der Waals surface area contributed by atoms with E-state index in [4.69, 9.17) is 0 Å². The zero-order valence-corrected chi connectivity index (χ0v) is 9.51. The van der Waals surface area contributed by atoms with Crippen LogP contribution in [0.4, 0.5) is 0 Å². The van der Waals surface area contributed by atoms with Crippen LogP contribution < -0.4 is 0 Å². The molecule has 1 radical (unpaired) electrons. The van der Waals surface area contributed by atoms with E-state index in [1.807, 2.05) is 6.08 Å². The zero-order chi connectivity index (χ0) is 9.68.